The lowest BCUT2D eigenvalue weighted by atomic mass is 9.63. The first-order chi connectivity index (χ1) is 12.8. The highest BCUT2D eigenvalue weighted by atomic mass is 16.3. The predicted molar refractivity (Wildman–Crippen MR) is 108 cm³/mol. The molecule has 1 saturated carbocycles. The van der Waals surface area contributed by atoms with Gasteiger partial charge in [-0.2, -0.15) is 0 Å². The number of anilines is 1. The lowest BCUT2D eigenvalue weighted by molar-refractivity contribution is 0.0595. The first kappa shape index (κ1) is 20.3. The van der Waals surface area contributed by atoms with E-state index < -0.39 is 6.04 Å². The van der Waals surface area contributed by atoms with Crippen molar-refractivity contribution in [1.82, 2.24) is 4.90 Å². The number of fused-ring (bicyclic) bond motifs is 1. The zero-order valence-electron chi connectivity index (χ0n) is 17.0. The van der Waals surface area contributed by atoms with Gasteiger partial charge in [0, 0.05) is 17.8 Å². The molecule has 0 bridgehead atoms. The number of carbonyl (C=O) groups excluding carboxylic acids is 1. The summed E-state index contributed by atoms with van der Waals surface area (Å²) < 4.78 is 0. The minimum Gasteiger partial charge on any atom is -0.394 e. The number of nitrogens with zero attached hydrogens (tertiary/aromatic N) is 1. The van der Waals surface area contributed by atoms with E-state index in [0.29, 0.717) is 0 Å². The van der Waals surface area contributed by atoms with Gasteiger partial charge >= 0.3 is 0 Å². The third-order valence-electron chi connectivity index (χ3n) is 6.66. The lowest BCUT2D eigenvalue weighted by Gasteiger charge is -2.47. The maximum Gasteiger partial charge on any atom is 0.180 e. The molecule has 2 aliphatic rings. The van der Waals surface area contributed by atoms with Gasteiger partial charge in [-0.3, -0.25) is 9.69 Å². The average Bonchev–Trinajstić information content (AvgIpc) is 3.48. The molecular weight excluding hydrogens is 340 g/mol. The van der Waals surface area contributed by atoms with Crippen molar-refractivity contribution < 1.29 is 15.0 Å². The molecule has 2 aliphatic carbocycles. The molecule has 27 heavy (non-hydrogen) atoms. The molecule has 2 atom stereocenters. The van der Waals surface area contributed by atoms with Crippen molar-refractivity contribution in [3.63, 3.8) is 0 Å². The second kappa shape index (κ2) is 7.90. The topological polar surface area (TPSA) is 72.8 Å². The Morgan fingerprint density at radius 3 is 2.48 bits per heavy atom. The molecule has 0 aliphatic heterocycles. The number of rotatable bonds is 8. The molecule has 0 spiro atoms. The Labute approximate surface area is 162 Å². The quantitative estimate of drug-likeness (QED) is 0.652. The molecular formula is C22H34N2O3. The standard InChI is InChI=1S/C22H34N2O3/c1-5-24(11-15-6-7-15)20-14(2)22(3,4)19-10-16(23-17(12-25)13-26)8-9-18(19)21(20)27/h8-10,14-15,17,20,23,25-26H,5-7,11-13H2,1-4H3/t14-,20-/m0/s1. The van der Waals surface area contributed by atoms with Gasteiger partial charge in [0.05, 0.1) is 25.3 Å². The van der Waals surface area contributed by atoms with E-state index in [-0.39, 0.29) is 36.4 Å². The Balaban J connectivity index is 1.94. The molecule has 3 rings (SSSR count). The van der Waals surface area contributed by atoms with Gasteiger partial charge in [0.15, 0.2) is 5.78 Å². The number of hydrogen-bond acceptors (Lipinski definition) is 5. The third-order valence-corrected chi connectivity index (χ3v) is 6.66. The summed E-state index contributed by atoms with van der Waals surface area (Å²) in [7, 11) is 0. The Morgan fingerprint density at radius 2 is 1.93 bits per heavy atom. The van der Waals surface area contributed by atoms with Gasteiger partial charge < -0.3 is 15.5 Å². The van der Waals surface area contributed by atoms with Crippen molar-refractivity contribution in [2.24, 2.45) is 11.8 Å². The van der Waals surface area contributed by atoms with Gasteiger partial charge in [0.25, 0.3) is 0 Å². The molecule has 1 aromatic rings. The Bertz CT molecular complexity index is 680. The van der Waals surface area contributed by atoms with E-state index in [1.54, 1.807) is 0 Å². The fourth-order valence-corrected chi connectivity index (χ4v) is 4.35. The van der Waals surface area contributed by atoms with Gasteiger partial charge in [-0.1, -0.05) is 27.7 Å². The summed E-state index contributed by atoms with van der Waals surface area (Å²) in [5.74, 6) is 1.19. The zero-order chi connectivity index (χ0) is 19.8. The summed E-state index contributed by atoms with van der Waals surface area (Å²) >= 11 is 0. The van der Waals surface area contributed by atoms with Crippen LogP contribution >= 0.6 is 0 Å². The van der Waals surface area contributed by atoms with E-state index in [0.717, 1.165) is 35.8 Å². The molecule has 0 radical (unpaired) electrons. The van der Waals surface area contributed by atoms with Crippen LogP contribution in [-0.2, 0) is 5.41 Å². The number of hydrogen-bond donors (Lipinski definition) is 3. The van der Waals surface area contributed by atoms with Gasteiger partial charge in [0.1, 0.15) is 0 Å². The molecule has 1 fully saturated rings. The van der Waals surface area contributed by atoms with E-state index in [2.05, 4.69) is 37.9 Å². The van der Waals surface area contributed by atoms with Crippen LogP contribution in [0.3, 0.4) is 0 Å². The van der Waals surface area contributed by atoms with E-state index in [1.807, 2.05) is 18.2 Å². The number of Topliss-reactive ketones (excluding diaryl/α,β-unsaturated/α-hetero) is 1. The first-order valence-electron chi connectivity index (χ1n) is 10.2. The van der Waals surface area contributed by atoms with Gasteiger partial charge in [-0.25, -0.2) is 0 Å². The minimum absolute atomic E-state index is 0.0699. The zero-order valence-corrected chi connectivity index (χ0v) is 17.0. The van der Waals surface area contributed by atoms with E-state index in [9.17, 15) is 15.0 Å². The van der Waals surface area contributed by atoms with Crippen LogP contribution in [0.1, 0.15) is 56.5 Å². The molecule has 5 nitrogen and oxygen atoms in total. The van der Waals surface area contributed by atoms with E-state index >= 15 is 0 Å². The first-order valence-corrected chi connectivity index (χ1v) is 10.2. The van der Waals surface area contributed by atoms with Crippen molar-refractivity contribution in [1.29, 1.82) is 0 Å². The van der Waals surface area contributed by atoms with E-state index in [1.165, 1.54) is 12.8 Å². The number of likely N-dealkylation sites (N-methyl/N-ethyl adjacent to an activating group) is 1. The van der Waals surface area contributed by atoms with Crippen molar-refractivity contribution in [2.45, 2.75) is 58.0 Å². The molecule has 5 heteroatoms. The third kappa shape index (κ3) is 3.91. The number of ketones is 1. The predicted octanol–water partition coefficient (Wildman–Crippen LogP) is 2.66. The Kier molecular flexibility index (Phi) is 5.94. The number of benzene rings is 1. The summed E-state index contributed by atoms with van der Waals surface area (Å²) in [6, 6.07) is 5.35. The summed E-state index contributed by atoms with van der Waals surface area (Å²) in [4.78, 5) is 15.8. The lowest BCUT2D eigenvalue weighted by Crippen LogP contribution is -2.55. The molecule has 0 unspecified atom stereocenters. The summed E-state index contributed by atoms with van der Waals surface area (Å²) in [6.07, 6.45) is 2.58. The van der Waals surface area contributed by atoms with Crippen molar-refractivity contribution >= 4 is 11.5 Å². The van der Waals surface area contributed by atoms with Crippen molar-refractivity contribution in [3.05, 3.63) is 29.3 Å². The van der Waals surface area contributed by atoms with Crippen LogP contribution in [0.4, 0.5) is 5.69 Å². The summed E-state index contributed by atoms with van der Waals surface area (Å²) in [5.41, 5.74) is 2.56. The summed E-state index contributed by atoms with van der Waals surface area (Å²) in [6.45, 7) is 10.4. The maximum atomic E-state index is 13.4. The van der Waals surface area contributed by atoms with Crippen LogP contribution in [0.15, 0.2) is 18.2 Å². The normalized spacial score (nSPS) is 24.4. The number of carbonyl (C=O) groups is 1. The van der Waals surface area contributed by atoms with Crippen molar-refractivity contribution in [3.8, 4) is 0 Å². The molecule has 3 N–H and O–H groups in total. The van der Waals surface area contributed by atoms with Crippen LogP contribution in [0, 0.1) is 11.8 Å². The molecule has 1 aromatic carbocycles. The fraction of sp³-hybridized carbons (Fsp3) is 0.682. The van der Waals surface area contributed by atoms with Crippen molar-refractivity contribution in [2.75, 3.05) is 31.6 Å². The second-order valence-electron chi connectivity index (χ2n) is 8.82. The molecule has 0 heterocycles. The Morgan fingerprint density at radius 1 is 1.26 bits per heavy atom. The monoisotopic (exact) mass is 374 g/mol. The molecule has 0 aromatic heterocycles. The number of aliphatic hydroxyl groups excluding tert-OH is 2. The maximum absolute atomic E-state index is 13.4. The van der Waals surface area contributed by atoms with Crippen LogP contribution in [0.5, 0.6) is 0 Å². The summed E-state index contributed by atoms with van der Waals surface area (Å²) in [5, 5.41) is 21.8. The average molecular weight is 375 g/mol. The number of nitrogens with one attached hydrogen (secondary N) is 1. The van der Waals surface area contributed by atoms with Gasteiger partial charge in [-0.15, -0.1) is 0 Å². The smallest absolute Gasteiger partial charge is 0.180 e. The van der Waals surface area contributed by atoms with Crippen LogP contribution in [0.2, 0.25) is 0 Å². The highest BCUT2D eigenvalue weighted by Gasteiger charge is 2.47. The number of aliphatic hydroxyl groups is 2. The SMILES string of the molecule is CCN(CC1CC1)[C@@H]1C(=O)c2ccc(NC(CO)CO)cc2C(C)(C)[C@H]1C. The Hall–Kier alpha value is -1.43. The van der Waals surface area contributed by atoms with Crippen LogP contribution in [-0.4, -0.2) is 59.3 Å². The van der Waals surface area contributed by atoms with Crippen LogP contribution < -0.4 is 5.32 Å². The fourth-order valence-electron chi connectivity index (χ4n) is 4.35. The highest BCUT2D eigenvalue weighted by molar-refractivity contribution is 6.03. The highest BCUT2D eigenvalue weighted by Crippen LogP contribution is 2.44. The molecule has 0 saturated heterocycles. The molecule has 0 amide bonds. The molecule has 150 valence electrons. The minimum atomic E-state index is -0.398. The largest absolute Gasteiger partial charge is 0.394 e. The van der Waals surface area contributed by atoms with Crippen LogP contribution in [0.25, 0.3) is 0 Å². The van der Waals surface area contributed by atoms with Gasteiger partial charge in [0.2, 0.25) is 0 Å². The van der Waals surface area contributed by atoms with E-state index in [4.69, 9.17) is 0 Å². The van der Waals surface area contributed by atoms with Gasteiger partial charge in [-0.05, 0) is 60.4 Å². The second-order valence-corrected chi connectivity index (χ2v) is 8.82.